The van der Waals surface area contributed by atoms with E-state index in [0.717, 1.165) is 6.33 Å². The van der Waals surface area contributed by atoms with Gasteiger partial charge in [0.2, 0.25) is 12.5 Å². The molecule has 1 aliphatic rings. The number of anilines is 2. The van der Waals surface area contributed by atoms with Crippen molar-refractivity contribution in [3.05, 3.63) is 72.3 Å². The third-order valence-corrected chi connectivity index (χ3v) is 7.12. The van der Waals surface area contributed by atoms with Gasteiger partial charge in [-0.2, -0.15) is 4.98 Å². The van der Waals surface area contributed by atoms with Gasteiger partial charge < -0.3 is 28.4 Å². The standard InChI is InChI=1S/C26H22ClN5O9S/c1-36-17-4-6-19(27)21(11-17)41-23-24(32-42(34,35)18-5-7-20-22(12-18)40-15-39-20)29-14-30-25(23)37-9-10-38-26(33)31-16-3-2-8-28-13-16/h2-8,11-14H,9-10,15H2,1H3,(H,31,33)(H,29,30,32). The minimum Gasteiger partial charge on any atom is -0.497 e. The molecule has 0 bridgehead atoms. The largest absolute Gasteiger partial charge is 0.497 e. The lowest BCUT2D eigenvalue weighted by Crippen LogP contribution is -2.18. The smallest absolute Gasteiger partial charge is 0.411 e. The second kappa shape index (κ2) is 12.7. The number of carbonyl (C=O) groups is 1. The van der Waals surface area contributed by atoms with Crippen molar-refractivity contribution in [2.75, 3.05) is 37.2 Å². The Labute approximate surface area is 244 Å². The topological polar surface area (TPSA) is 169 Å². The molecule has 5 rings (SSSR count). The van der Waals surface area contributed by atoms with Crippen molar-refractivity contribution < 1.29 is 41.6 Å². The second-order valence-electron chi connectivity index (χ2n) is 8.23. The van der Waals surface area contributed by atoms with Crippen LogP contribution in [0, 0.1) is 0 Å². The van der Waals surface area contributed by atoms with Gasteiger partial charge in [0.25, 0.3) is 15.9 Å². The highest BCUT2D eigenvalue weighted by Crippen LogP contribution is 2.41. The van der Waals surface area contributed by atoms with E-state index in [1.807, 2.05) is 0 Å². The lowest BCUT2D eigenvalue weighted by atomic mass is 10.3. The molecule has 4 aromatic rings. The van der Waals surface area contributed by atoms with Crippen LogP contribution in [0.5, 0.6) is 34.6 Å². The summed E-state index contributed by atoms with van der Waals surface area (Å²) in [5.41, 5.74) is 0.449. The first-order valence-corrected chi connectivity index (χ1v) is 13.9. The van der Waals surface area contributed by atoms with Crippen LogP contribution in [-0.2, 0) is 14.8 Å². The molecule has 0 aliphatic carbocycles. The van der Waals surface area contributed by atoms with Crippen LogP contribution < -0.4 is 33.7 Å². The van der Waals surface area contributed by atoms with E-state index >= 15 is 0 Å². The Morgan fingerprint density at radius 3 is 2.74 bits per heavy atom. The van der Waals surface area contributed by atoms with Gasteiger partial charge in [-0.3, -0.25) is 15.0 Å². The van der Waals surface area contributed by atoms with Crippen molar-refractivity contribution in [1.29, 1.82) is 0 Å². The Morgan fingerprint density at radius 1 is 1.07 bits per heavy atom. The monoisotopic (exact) mass is 615 g/mol. The number of amides is 1. The first kappa shape index (κ1) is 28.5. The van der Waals surface area contributed by atoms with Crippen LogP contribution in [-0.4, -0.2) is 56.6 Å². The van der Waals surface area contributed by atoms with Gasteiger partial charge in [0.1, 0.15) is 31.0 Å². The van der Waals surface area contributed by atoms with Crippen molar-refractivity contribution in [2.45, 2.75) is 4.90 Å². The molecule has 0 fully saturated rings. The van der Waals surface area contributed by atoms with Crippen molar-refractivity contribution >= 4 is 39.2 Å². The van der Waals surface area contributed by atoms with Crippen LogP contribution in [0.2, 0.25) is 5.02 Å². The maximum atomic E-state index is 13.3. The molecule has 14 nitrogen and oxygen atoms in total. The average Bonchev–Trinajstić information content (AvgIpc) is 3.46. The highest BCUT2D eigenvalue weighted by Gasteiger charge is 2.25. The van der Waals surface area contributed by atoms with Crippen molar-refractivity contribution in [2.24, 2.45) is 0 Å². The fourth-order valence-electron chi connectivity index (χ4n) is 3.52. The summed E-state index contributed by atoms with van der Waals surface area (Å²) in [4.78, 5) is 24.0. The molecule has 42 heavy (non-hydrogen) atoms. The minimum absolute atomic E-state index is 0.0208. The quantitative estimate of drug-likeness (QED) is 0.227. The number of carbonyl (C=O) groups excluding carboxylic acids is 1. The number of hydrogen-bond donors (Lipinski definition) is 2. The molecular weight excluding hydrogens is 594 g/mol. The second-order valence-corrected chi connectivity index (χ2v) is 10.3. The number of sulfonamides is 1. The zero-order valence-electron chi connectivity index (χ0n) is 21.8. The van der Waals surface area contributed by atoms with Crippen molar-refractivity contribution in [1.82, 2.24) is 15.0 Å². The minimum atomic E-state index is -4.21. The number of ether oxygens (including phenoxy) is 6. The van der Waals surface area contributed by atoms with Gasteiger partial charge in [0.15, 0.2) is 17.3 Å². The number of aromatic nitrogens is 3. The van der Waals surface area contributed by atoms with E-state index in [1.54, 1.807) is 24.4 Å². The van der Waals surface area contributed by atoms with Crippen LogP contribution in [0.1, 0.15) is 0 Å². The number of benzene rings is 2. The molecule has 0 saturated heterocycles. The zero-order valence-corrected chi connectivity index (χ0v) is 23.3. The molecule has 2 aromatic carbocycles. The highest BCUT2D eigenvalue weighted by molar-refractivity contribution is 7.92. The molecular formula is C26H22ClN5O9S. The number of methoxy groups -OCH3 is 1. The summed E-state index contributed by atoms with van der Waals surface area (Å²) in [5.74, 6) is 0.583. The summed E-state index contributed by atoms with van der Waals surface area (Å²) in [5, 5.41) is 2.70. The Kier molecular flexibility index (Phi) is 8.59. The Hall–Kier alpha value is -5.02. The van der Waals surface area contributed by atoms with Crippen LogP contribution in [0.15, 0.2) is 72.1 Å². The number of halogens is 1. The molecule has 0 radical (unpaired) electrons. The van der Waals surface area contributed by atoms with Gasteiger partial charge in [0.05, 0.1) is 28.9 Å². The number of nitrogens with zero attached hydrogens (tertiary/aromatic N) is 3. The number of pyridine rings is 1. The zero-order chi connectivity index (χ0) is 29.5. The van der Waals surface area contributed by atoms with E-state index < -0.39 is 16.1 Å². The normalized spacial score (nSPS) is 11.9. The molecule has 3 heterocycles. The Bertz CT molecular complexity index is 1690. The first-order chi connectivity index (χ1) is 20.3. The molecule has 218 valence electrons. The van der Waals surface area contributed by atoms with Crippen molar-refractivity contribution in [3.63, 3.8) is 0 Å². The predicted octanol–water partition coefficient (Wildman–Crippen LogP) is 4.48. The summed E-state index contributed by atoms with van der Waals surface area (Å²) >= 11 is 6.32. The Balaban J connectivity index is 1.37. The lowest BCUT2D eigenvalue weighted by Gasteiger charge is -2.17. The molecule has 0 atom stereocenters. The van der Waals surface area contributed by atoms with Gasteiger partial charge >= 0.3 is 6.09 Å². The lowest BCUT2D eigenvalue weighted by molar-refractivity contribution is 0.135. The molecule has 1 amide bonds. The molecule has 2 aromatic heterocycles. The van der Waals surface area contributed by atoms with Gasteiger partial charge in [-0.25, -0.2) is 18.2 Å². The SMILES string of the molecule is COc1ccc(Cl)c(Oc2c(NS(=O)(=O)c3ccc4c(c3)OCO4)ncnc2OCCOC(=O)Nc2cccnc2)c1. The fourth-order valence-corrected chi connectivity index (χ4v) is 4.70. The average molecular weight is 616 g/mol. The van der Waals surface area contributed by atoms with E-state index in [-0.39, 0.29) is 58.9 Å². The summed E-state index contributed by atoms with van der Waals surface area (Å²) in [7, 11) is -2.75. The van der Waals surface area contributed by atoms with Crippen molar-refractivity contribution in [3.8, 4) is 34.6 Å². The predicted molar refractivity (Wildman–Crippen MR) is 148 cm³/mol. The molecule has 2 N–H and O–H groups in total. The number of fused-ring (bicyclic) bond motifs is 1. The molecule has 0 spiro atoms. The number of nitrogens with one attached hydrogen (secondary N) is 2. The summed E-state index contributed by atoms with van der Waals surface area (Å²) in [6.45, 7) is -0.380. The van der Waals surface area contributed by atoms with E-state index in [4.69, 9.17) is 40.0 Å². The third kappa shape index (κ3) is 6.82. The summed E-state index contributed by atoms with van der Waals surface area (Å²) in [6, 6.07) is 12.1. The molecule has 0 unspecified atom stereocenters. The number of rotatable bonds is 11. The summed E-state index contributed by atoms with van der Waals surface area (Å²) in [6.07, 6.45) is 3.36. The molecule has 0 saturated carbocycles. The van der Waals surface area contributed by atoms with E-state index in [2.05, 4.69) is 25.0 Å². The highest BCUT2D eigenvalue weighted by atomic mass is 35.5. The van der Waals surface area contributed by atoms with Gasteiger partial charge in [-0.1, -0.05) is 11.6 Å². The van der Waals surface area contributed by atoms with Crippen LogP contribution in [0.25, 0.3) is 0 Å². The van der Waals surface area contributed by atoms with Gasteiger partial charge in [-0.05, 0) is 36.4 Å². The fraction of sp³-hybridized carbons (Fsp3) is 0.154. The number of hydrogen-bond acceptors (Lipinski definition) is 12. The molecule has 1 aliphatic heterocycles. The van der Waals surface area contributed by atoms with E-state index in [1.165, 1.54) is 43.6 Å². The molecule has 16 heteroatoms. The van der Waals surface area contributed by atoms with E-state index in [0.29, 0.717) is 17.2 Å². The third-order valence-electron chi connectivity index (χ3n) is 5.47. The van der Waals surface area contributed by atoms with Gasteiger partial charge in [-0.15, -0.1) is 0 Å². The van der Waals surface area contributed by atoms with Crippen LogP contribution in [0.4, 0.5) is 16.3 Å². The van der Waals surface area contributed by atoms with Crippen LogP contribution in [0.3, 0.4) is 0 Å². The van der Waals surface area contributed by atoms with Crippen LogP contribution >= 0.6 is 11.6 Å². The maximum absolute atomic E-state index is 13.3. The first-order valence-electron chi connectivity index (χ1n) is 12.1. The maximum Gasteiger partial charge on any atom is 0.411 e. The Morgan fingerprint density at radius 2 is 1.93 bits per heavy atom. The van der Waals surface area contributed by atoms with E-state index in [9.17, 15) is 13.2 Å². The summed E-state index contributed by atoms with van der Waals surface area (Å²) < 4.78 is 61.5. The van der Waals surface area contributed by atoms with Gasteiger partial charge in [0, 0.05) is 18.3 Å².